The zero-order chi connectivity index (χ0) is 19.8. The maximum atomic E-state index is 5.55. The van der Waals surface area contributed by atoms with E-state index in [9.17, 15) is 0 Å². The van der Waals surface area contributed by atoms with Crippen LogP contribution in [0, 0.1) is 18.6 Å². The van der Waals surface area contributed by atoms with Crippen LogP contribution in [-0.2, 0) is 0 Å². The van der Waals surface area contributed by atoms with Crippen LogP contribution >= 0.6 is 12.2 Å². The Labute approximate surface area is 169 Å². The average Bonchev–Trinajstić information content (AvgIpc) is 3.08. The Kier molecular flexibility index (Phi) is 4.77. The van der Waals surface area contributed by atoms with Gasteiger partial charge in [-0.2, -0.15) is 5.10 Å². The summed E-state index contributed by atoms with van der Waals surface area (Å²) < 4.78 is 7.99. The number of hydrogen-bond donors (Lipinski definition) is 1. The van der Waals surface area contributed by atoms with E-state index >= 15 is 0 Å². The second kappa shape index (κ2) is 7.24. The van der Waals surface area contributed by atoms with Crippen LogP contribution < -0.4 is 4.74 Å². The van der Waals surface area contributed by atoms with E-state index in [1.807, 2.05) is 10.6 Å². The molecule has 1 aromatic heterocycles. The van der Waals surface area contributed by atoms with Crippen molar-refractivity contribution in [3.8, 4) is 11.4 Å². The fourth-order valence-electron chi connectivity index (χ4n) is 3.68. The molecular formula is C23H23N3OS. The highest BCUT2D eigenvalue weighted by atomic mass is 32.1. The summed E-state index contributed by atoms with van der Waals surface area (Å²) in [7, 11) is 1.69. The third-order valence-corrected chi connectivity index (χ3v) is 5.52. The molecule has 0 aliphatic rings. The molecule has 0 saturated heterocycles. The second-order valence-electron chi connectivity index (χ2n) is 7.21. The zero-order valence-corrected chi connectivity index (χ0v) is 17.3. The van der Waals surface area contributed by atoms with Gasteiger partial charge in [0.05, 0.1) is 12.8 Å². The number of rotatable bonds is 4. The summed E-state index contributed by atoms with van der Waals surface area (Å²) in [6, 6.07) is 19.0. The molecule has 0 bridgehead atoms. The number of nitrogens with one attached hydrogen (secondary N) is 1. The average molecular weight is 390 g/mol. The predicted molar refractivity (Wildman–Crippen MR) is 116 cm³/mol. The molecule has 1 heterocycles. The fraction of sp³-hybridized carbons (Fsp3) is 0.217. The highest BCUT2D eigenvalue weighted by molar-refractivity contribution is 7.71. The predicted octanol–water partition coefficient (Wildman–Crippen LogP) is 5.86. The van der Waals surface area contributed by atoms with E-state index in [2.05, 4.69) is 79.5 Å². The van der Waals surface area contributed by atoms with Gasteiger partial charge in [0.1, 0.15) is 11.6 Å². The first-order chi connectivity index (χ1) is 13.5. The summed E-state index contributed by atoms with van der Waals surface area (Å²) in [6.45, 7) is 6.36. The molecule has 4 rings (SSSR count). The maximum absolute atomic E-state index is 5.55. The van der Waals surface area contributed by atoms with E-state index in [0.29, 0.717) is 4.77 Å². The van der Waals surface area contributed by atoms with Gasteiger partial charge in [-0.15, -0.1) is 0 Å². The third kappa shape index (κ3) is 3.22. The van der Waals surface area contributed by atoms with Crippen molar-refractivity contribution in [1.82, 2.24) is 14.8 Å². The van der Waals surface area contributed by atoms with Crippen LogP contribution in [0.2, 0.25) is 0 Å². The Hall–Kier alpha value is -2.92. The number of aryl methyl sites for hydroxylation is 2. The summed E-state index contributed by atoms with van der Waals surface area (Å²) in [5.74, 6) is 1.86. The van der Waals surface area contributed by atoms with Crippen LogP contribution in [0.5, 0.6) is 5.75 Å². The van der Waals surface area contributed by atoms with E-state index in [-0.39, 0.29) is 5.92 Å². The van der Waals surface area contributed by atoms with Gasteiger partial charge in [-0.05, 0) is 66.2 Å². The second-order valence-corrected chi connectivity index (χ2v) is 7.59. The molecule has 0 fully saturated rings. The first kappa shape index (κ1) is 18.4. The van der Waals surface area contributed by atoms with Crippen molar-refractivity contribution >= 4 is 23.0 Å². The summed E-state index contributed by atoms with van der Waals surface area (Å²) in [4.78, 5) is 0. The van der Waals surface area contributed by atoms with Crippen LogP contribution in [0.3, 0.4) is 0 Å². The molecule has 3 aromatic carbocycles. The minimum Gasteiger partial charge on any atom is -0.497 e. The third-order valence-electron chi connectivity index (χ3n) is 5.25. The van der Waals surface area contributed by atoms with Crippen molar-refractivity contribution in [2.75, 3.05) is 7.11 Å². The van der Waals surface area contributed by atoms with Crippen LogP contribution in [0.25, 0.3) is 16.5 Å². The number of aromatic amines is 1. The first-order valence-corrected chi connectivity index (χ1v) is 9.71. The van der Waals surface area contributed by atoms with Gasteiger partial charge in [-0.3, -0.25) is 9.67 Å². The van der Waals surface area contributed by atoms with Crippen LogP contribution in [0.15, 0.2) is 54.6 Å². The standard InChI is InChI=1S/C23H23N3OS/c1-14-5-10-21(15(2)11-14)26-22(24-25-23(26)28)16(3)17-6-7-19-13-20(27-4)9-8-18(19)12-17/h5-13,16H,1-4H3,(H,25,28). The fourth-order valence-corrected chi connectivity index (χ4v) is 3.91. The Bertz CT molecular complexity index is 1220. The van der Waals surface area contributed by atoms with Crippen LogP contribution in [-0.4, -0.2) is 21.9 Å². The summed E-state index contributed by atoms with van der Waals surface area (Å²) in [6.07, 6.45) is 0. The van der Waals surface area contributed by atoms with Gasteiger partial charge < -0.3 is 4.74 Å². The number of ether oxygens (including phenoxy) is 1. The molecule has 1 unspecified atom stereocenters. The van der Waals surface area contributed by atoms with Gasteiger partial charge in [-0.25, -0.2) is 0 Å². The number of methoxy groups -OCH3 is 1. The minimum atomic E-state index is 0.0835. The Morgan fingerprint density at radius 3 is 2.50 bits per heavy atom. The molecular weight excluding hydrogens is 366 g/mol. The van der Waals surface area contributed by atoms with Gasteiger partial charge in [-0.1, -0.05) is 48.9 Å². The van der Waals surface area contributed by atoms with Gasteiger partial charge in [0.15, 0.2) is 4.77 Å². The number of fused-ring (bicyclic) bond motifs is 1. The molecule has 0 aliphatic heterocycles. The van der Waals surface area contributed by atoms with E-state index in [1.165, 1.54) is 22.1 Å². The van der Waals surface area contributed by atoms with E-state index < -0.39 is 0 Å². The van der Waals surface area contributed by atoms with Crippen molar-refractivity contribution in [3.63, 3.8) is 0 Å². The molecule has 0 aliphatic carbocycles. The molecule has 0 spiro atoms. The molecule has 28 heavy (non-hydrogen) atoms. The van der Waals surface area contributed by atoms with Crippen molar-refractivity contribution in [2.24, 2.45) is 0 Å². The lowest BCUT2D eigenvalue weighted by atomic mass is 9.96. The largest absolute Gasteiger partial charge is 0.497 e. The minimum absolute atomic E-state index is 0.0835. The van der Waals surface area contributed by atoms with Crippen molar-refractivity contribution in [2.45, 2.75) is 26.7 Å². The highest BCUT2D eigenvalue weighted by Gasteiger charge is 2.19. The number of hydrogen-bond acceptors (Lipinski definition) is 3. The van der Waals surface area contributed by atoms with Crippen LogP contribution in [0.1, 0.15) is 35.4 Å². The number of H-pyrrole nitrogens is 1. The SMILES string of the molecule is COc1ccc2cc(C(C)c3n[nH]c(=S)n3-c3ccc(C)cc3C)ccc2c1. The number of aromatic nitrogens is 3. The van der Waals surface area contributed by atoms with E-state index in [1.54, 1.807) is 7.11 Å². The Morgan fingerprint density at radius 1 is 1.00 bits per heavy atom. The molecule has 0 saturated carbocycles. The van der Waals surface area contributed by atoms with Crippen LogP contribution in [0.4, 0.5) is 0 Å². The lowest BCUT2D eigenvalue weighted by Gasteiger charge is -2.16. The van der Waals surface area contributed by atoms with Crippen molar-refractivity contribution in [1.29, 1.82) is 0 Å². The van der Waals surface area contributed by atoms with E-state index in [4.69, 9.17) is 17.0 Å². The lowest BCUT2D eigenvalue weighted by Crippen LogP contribution is -2.08. The lowest BCUT2D eigenvalue weighted by molar-refractivity contribution is 0.415. The molecule has 0 radical (unpaired) electrons. The van der Waals surface area contributed by atoms with Crippen molar-refractivity contribution < 1.29 is 4.74 Å². The molecule has 4 aromatic rings. The molecule has 1 atom stereocenters. The normalized spacial score (nSPS) is 12.3. The van der Waals surface area contributed by atoms with Gasteiger partial charge in [0, 0.05) is 5.92 Å². The van der Waals surface area contributed by atoms with Gasteiger partial charge in [0.2, 0.25) is 0 Å². The topological polar surface area (TPSA) is 42.8 Å². The van der Waals surface area contributed by atoms with E-state index in [0.717, 1.165) is 22.6 Å². The summed E-state index contributed by atoms with van der Waals surface area (Å²) >= 11 is 5.55. The highest BCUT2D eigenvalue weighted by Crippen LogP contribution is 2.30. The quantitative estimate of drug-likeness (QED) is 0.445. The Morgan fingerprint density at radius 2 is 1.75 bits per heavy atom. The molecule has 5 heteroatoms. The van der Waals surface area contributed by atoms with Gasteiger partial charge >= 0.3 is 0 Å². The first-order valence-electron chi connectivity index (χ1n) is 9.30. The maximum Gasteiger partial charge on any atom is 0.199 e. The zero-order valence-electron chi connectivity index (χ0n) is 16.5. The van der Waals surface area contributed by atoms with Crippen molar-refractivity contribution in [3.05, 3.63) is 81.9 Å². The number of nitrogens with zero attached hydrogens (tertiary/aromatic N) is 2. The molecule has 1 N–H and O–H groups in total. The van der Waals surface area contributed by atoms with Gasteiger partial charge in [0.25, 0.3) is 0 Å². The number of benzene rings is 3. The summed E-state index contributed by atoms with van der Waals surface area (Å²) in [5.41, 5.74) is 4.67. The smallest absolute Gasteiger partial charge is 0.199 e. The monoisotopic (exact) mass is 389 g/mol. The molecule has 142 valence electrons. The Balaban J connectivity index is 1.80. The summed E-state index contributed by atoms with van der Waals surface area (Å²) in [5, 5.41) is 9.88. The molecule has 0 amide bonds. The molecule has 4 nitrogen and oxygen atoms in total.